The maximum absolute atomic E-state index is 11.9. The van der Waals surface area contributed by atoms with Gasteiger partial charge < -0.3 is 39.2 Å². The number of para-hydroxylation sites is 2. The molecule has 2 aliphatic heterocycles. The molecular weight excluding hydrogens is 598 g/mol. The lowest BCUT2D eigenvalue weighted by atomic mass is 9.87. The summed E-state index contributed by atoms with van der Waals surface area (Å²) < 4.78 is 23.7. The zero-order chi connectivity index (χ0) is 33.0. The van der Waals surface area contributed by atoms with Crippen LogP contribution in [0.15, 0.2) is 72.8 Å². The molecule has 0 saturated carbocycles. The van der Waals surface area contributed by atoms with Crippen molar-refractivity contribution in [3.05, 3.63) is 89.5 Å². The van der Waals surface area contributed by atoms with Crippen molar-refractivity contribution in [1.29, 1.82) is 0 Å². The van der Waals surface area contributed by atoms with E-state index >= 15 is 0 Å². The maximum Gasteiger partial charge on any atom is 0.407 e. The molecule has 2 unspecified atom stereocenters. The van der Waals surface area contributed by atoms with Crippen LogP contribution in [0, 0.1) is 5.92 Å². The molecule has 2 N–H and O–H groups in total. The molecule has 0 spiro atoms. The summed E-state index contributed by atoms with van der Waals surface area (Å²) >= 11 is 0. The van der Waals surface area contributed by atoms with Crippen LogP contribution in [0.4, 0.5) is 10.5 Å². The first-order valence-corrected chi connectivity index (χ1v) is 16.5. The molecule has 0 radical (unpaired) electrons. The van der Waals surface area contributed by atoms with Crippen molar-refractivity contribution < 1.29 is 33.6 Å². The van der Waals surface area contributed by atoms with E-state index in [0.29, 0.717) is 58.4 Å². The predicted octanol–water partition coefficient (Wildman–Crippen LogP) is 5.70. The molecule has 10 nitrogen and oxygen atoms in total. The van der Waals surface area contributed by atoms with E-state index in [0.717, 1.165) is 59.8 Å². The van der Waals surface area contributed by atoms with Crippen LogP contribution in [0.3, 0.4) is 0 Å². The van der Waals surface area contributed by atoms with Crippen LogP contribution in [-0.2, 0) is 27.5 Å². The minimum Gasteiger partial charge on any atom is -0.496 e. The molecule has 0 aromatic heterocycles. The highest BCUT2D eigenvalue weighted by molar-refractivity contribution is 5.72. The van der Waals surface area contributed by atoms with E-state index in [2.05, 4.69) is 34.5 Å². The van der Waals surface area contributed by atoms with E-state index in [1.165, 1.54) is 4.90 Å². The lowest BCUT2D eigenvalue weighted by Gasteiger charge is -2.37. The summed E-state index contributed by atoms with van der Waals surface area (Å²) in [4.78, 5) is 27.1. The fourth-order valence-corrected chi connectivity index (χ4v) is 6.45. The van der Waals surface area contributed by atoms with Crippen LogP contribution in [0.2, 0.25) is 0 Å². The fourth-order valence-electron chi connectivity index (χ4n) is 6.45. The SMILES string of the molecule is COc1ccccc1COCCCOc1ccc(C2CCN(C(=O)O)CC2OCc2ccccc2N2CC[C@H](CNC(C)=O)C2)cc1. The molecule has 2 heterocycles. The van der Waals surface area contributed by atoms with Crippen molar-refractivity contribution in [3.63, 3.8) is 0 Å². The van der Waals surface area contributed by atoms with Gasteiger partial charge in [-0.2, -0.15) is 0 Å². The number of nitrogens with zero attached hydrogens (tertiary/aromatic N) is 2. The standard InChI is InChI=1S/C37H47N3O7/c1-27(41)38-22-28-16-18-39(23-28)34-10-5-3-8-30(34)26-47-36-24-40(37(42)43)19-17-33(36)29-12-14-32(15-13-29)46-21-7-20-45-25-31-9-4-6-11-35(31)44-2/h3-6,8-15,28,33,36H,7,16-26H2,1-2H3,(H,38,41)(H,42,43)/t28-,33?,36?/m1/s1. The highest BCUT2D eigenvalue weighted by Gasteiger charge is 2.34. The monoisotopic (exact) mass is 645 g/mol. The fraction of sp³-hybridized carbons (Fsp3) is 0.459. The lowest BCUT2D eigenvalue weighted by molar-refractivity contribution is -0.119. The number of anilines is 1. The second-order valence-corrected chi connectivity index (χ2v) is 12.3. The van der Waals surface area contributed by atoms with Crippen molar-refractivity contribution in [1.82, 2.24) is 10.2 Å². The third kappa shape index (κ3) is 9.62. The molecule has 2 saturated heterocycles. The predicted molar refractivity (Wildman–Crippen MR) is 180 cm³/mol. The highest BCUT2D eigenvalue weighted by Crippen LogP contribution is 2.34. The van der Waals surface area contributed by atoms with Gasteiger partial charge in [0.1, 0.15) is 11.5 Å². The number of methoxy groups -OCH3 is 1. The largest absolute Gasteiger partial charge is 0.496 e. The van der Waals surface area contributed by atoms with Gasteiger partial charge in [0.2, 0.25) is 5.91 Å². The van der Waals surface area contributed by atoms with Gasteiger partial charge in [0.05, 0.1) is 46.2 Å². The van der Waals surface area contributed by atoms with E-state index in [-0.39, 0.29) is 17.9 Å². The molecular formula is C37H47N3O7. The van der Waals surface area contributed by atoms with Crippen LogP contribution in [0.5, 0.6) is 11.5 Å². The molecule has 2 amide bonds. The summed E-state index contributed by atoms with van der Waals surface area (Å²) in [5.41, 5.74) is 4.34. The molecule has 5 rings (SSSR count). The van der Waals surface area contributed by atoms with Gasteiger partial charge in [-0.15, -0.1) is 0 Å². The minimum atomic E-state index is -0.921. The number of hydrogen-bond acceptors (Lipinski definition) is 7. The Hall–Kier alpha value is -4.28. The minimum absolute atomic E-state index is 0.000890. The maximum atomic E-state index is 11.9. The summed E-state index contributed by atoms with van der Waals surface area (Å²) in [5, 5.41) is 12.7. The van der Waals surface area contributed by atoms with Gasteiger partial charge in [0.25, 0.3) is 0 Å². The highest BCUT2D eigenvalue weighted by atomic mass is 16.5. The Labute approximate surface area is 277 Å². The Kier molecular flexibility index (Phi) is 12.3. The van der Waals surface area contributed by atoms with Gasteiger partial charge in [0.15, 0.2) is 0 Å². The number of benzene rings is 3. The molecule has 0 bridgehead atoms. The van der Waals surface area contributed by atoms with Gasteiger partial charge >= 0.3 is 6.09 Å². The first-order valence-electron chi connectivity index (χ1n) is 16.5. The van der Waals surface area contributed by atoms with Gasteiger partial charge in [-0.3, -0.25) is 4.79 Å². The molecule has 3 atom stereocenters. The Morgan fingerprint density at radius 2 is 1.66 bits per heavy atom. The average Bonchev–Trinajstić information content (AvgIpc) is 3.57. The number of nitrogens with one attached hydrogen (secondary N) is 1. The summed E-state index contributed by atoms with van der Waals surface area (Å²) in [7, 11) is 1.66. The van der Waals surface area contributed by atoms with Gasteiger partial charge in [-0.1, -0.05) is 48.5 Å². The quantitative estimate of drug-likeness (QED) is 0.203. The Morgan fingerprint density at radius 3 is 2.43 bits per heavy atom. The summed E-state index contributed by atoms with van der Waals surface area (Å²) in [6.45, 7) is 6.81. The van der Waals surface area contributed by atoms with Crippen molar-refractivity contribution in [2.45, 2.75) is 51.4 Å². The van der Waals surface area contributed by atoms with E-state index in [9.17, 15) is 14.7 Å². The Bertz CT molecular complexity index is 1450. The topological polar surface area (TPSA) is 110 Å². The van der Waals surface area contributed by atoms with Crippen LogP contribution in [0.25, 0.3) is 0 Å². The Balaban J connectivity index is 1.14. The first-order chi connectivity index (χ1) is 22.9. The third-order valence-electron chi connectivity index (χ3n) is 9.00. The molecule has 0 aliphatic carbocycles. The van der Waals surface area contributed by atoms with E-state index in [1.807, 2.05) is 48.5 Å². The third-order valence-corrected chi connectivity index (χ3v) is 9.00. The van der Waals surface area contributed by atoms with Crippen LogP contribution >= 0.6 is 0 Å². The smallest absolute Gasteiger partial charge is 0.407 e. The van der Waals surface area contributed by atoms with Gasteiger partial charge in [-0.25, -0.2) is 4.79 Å². The molecule has 3 aromatic rings. The number of carboxylic acid groups (broad SMARTS) is 1. The summed E-state index contributed by atoms with van der Waals surface area (Å²) in [6, 6.07) is 24.2. The van der Waals surface area contributed by atoms with Crippen molar-refractivity contribution in [3.8, 4) is 11.5 Å². The van der Waals surface area contributed by atoms with E-state index < -0.39 is 6.09 Å². The van der Waals surface area contributed by atoms with Crippen LogP contribution < -0.4 is 19.7 Å². The van der Waals surface area contributed by atoms with Crippen molar-refractivity contribution in [2.75, 3.05) is 57.9 Å². The second-order valence-electron chi connectivity index (χ2n) is 12.3. The van der Waals surface area contributed by atoms with Gasteiger partial charge in [0, 0.05) is 62.3 Å². The number of hydrogen-bond donors (Lipinski definition) is 2. The zero-order valence-corrected chi connectivity index (χ0v) is 27.4. The number of ether oxygens (including phenoxy) is 4. The first kappa shape index (κ1) is 34.1. The zero-order valence-electron chi connectivity index (χ0n) is 27.4. The molecule has 10 heteroatoms. The van der Waals surface area contributed by atoms with Crippen molar-refractivity contribution in [2.24, 2.45) is 5.92 Å². The van der Waals surface area contributed by atoms with E-state index in [1.54, 1.807) is 14.0 Å². The summed E-state index contributed by atoms with van der Waals surface area (Å²) in [5.74, 6) is 2.08. The molecule has 2 fully saturated rings. The molecule has 2 aliphatic rings. The summed E-state index contributed by atoms with van der Waals surface area (Å²) in [6.07, 6.45) is 1.25. The number of carbonyl (C=O) groups is 2. The number of amides is 2. The average molecular weight is 646 g/mol. The normalized spacial score (nSPS) is 19.4. The number of likely N-dealkylation sites (tertiary alicyclic amines) is 1. The van der Waals surface area contributed by atoms with Crippen molar-refractivity contribution >= 4 is 17.7 Å². The number of piperidine rings is 1. The number of carbonyl (C=O) groups excluding carboxylic acids is 1. The Morgan fingerprint density at radius 1 is 0.894 bits per heavy atom. The van der Waals surface area contributed by atoms with Crippen LogP contribution in [-0.4, -0.2) is 81.2 Å². The number of rotatable bonds is 15. The second kappa shape index (κ2) is 17.0. The molecule has 3 aromatic carbocycles. The molecule has 47 heavy (non-hydrogen) atoms. The molecule has 252 valence electrons. The van der Waals surface area contributed by atoms with E-state index in [4.69, 9.17) is 18.9 Å². The van der Waals surface area contributed by atoms with Crippen LogP contribution in [0.1, 0.15) is 48.8 Å². The van der Waals surface area contributed by atoms with Gasteiger partial charge in [-0.05, 0) is 48.6 Å². The lowest BCUT2D eigenvalue weighted by Crippen LogP contribution is -2.46.